The molecular formula is C19H34N6O8. The van der Waals surface area contributed by atoms with E-state index in [-0.39, 0.29) is 12.8 Å². The Bertz CT molecular complexity index is 744. The summed E-state index contributed by atoms with van der Waals surface area (Å²) in [4.78, 5) is 70.9. The maximum atomic E-state index is 12.9. The van der Waals surface area contributed by atoms with Crippen molar-refractivity contribution in [3.63, 3.8) is 0 Å². The van der Waals surface area contributed by atoms with E-state index in [1.165, 1.54) is 6.92 Å². The molecule has 0 fully saturated rings. The van der Waals surface area contributed by atoms with Gasteiger partial charge in [0.05, 0.1) is 18.6 Å². The predicted molar refractivity (Wildman–Crippen MR) is 115 cm³/mol. The van der Waals surface area contributed by atoms with Crippen LogP contribution in [0.2, 0.25) is 0 Å². The maximum Gasteiger partial charge on any atom is 0.326 e. The van der Waals surface area contributed by atoms with E-state index in [2.05, 4.69) is 10.6 Å². The van der Waals surface area contributed by atoms with Gasteiger partial charge < -0.3 is 43.4 Å². The van der Waals surface area contributed by atoms with Crippen LogP contribution in [0.1, 0.15) is 46.5 Å². The second-order valence-corrected chi connectivity index (χ2v) is 7.78. The van der Waals surface area contributed by atoms with Gasteiger partial charge in [-0.05, 0) is 19.3 Å². The van der Waals surface area contributed by atoms with Gasteiger partial charge in [-0.2, -0.15) is 0 Å². The van der Waals surface area contributed by atoms with Gasteiger partial charge in [0.15, 0.2) is 0 Å². The van der Waals surface area contributed by atoms with Gasteiger partial charge in [-0.15, -0.1) is 0 Å². The largest absolute Gasteiger partial charge is 0.480 e. The van der Waals surface area contributed by atoms with Crippen molar-refractivity contribution in [1.82, 2.24) is 16.0 Å². The van der Waals surface area contributed by atoms with Gasteiger partial charge in [0, 0.05) is 6.42 Å². The zero-order chi connectivity index (χ0) is 25.9. The van der Waals surface area contributed by atoms with E-state index in [1.807, 2.05) is 5.32 Å². The number of aliphatic carboxylic acids is 1. The van der Waals surface area contributed by atoms with Gasteiger partial charge in [0.1, 0.15) is 18.1 Å². The lowest BCUT2D eigenvalue weighted by atomic mass is 9.96. The molecule has 0 radical (unpaired) electrons. The number of amides is 5. The van der Waals surface area contributed by atoms with Crippen molar-refractivity contribution < 1.29 is 39.0 Å². The number of carboxylic acid groups (broad SMARTS) is 1. The molecule has 14 nitrogen and oxygen atoms in total. The fourth-order valence-electron chi connectivity index (χ4n) is 2.70. The average Bonchev–Trinajstić information content (AvgIpc) is 2.71. The van der Waals surface area contributed by atoms with Crippen LogP contribution in [0.15, 0.2) is 0 Å². The third-order valence-corrected chi connectivity index (χ3v) is 4.91. The Kier molecular flexibility index (Phi) is 12.6. The highest BCUT2D eigenvalue weighted by molar-refractivity contribution is 5.95. The summed E-state index contributed by atoms with van der Waals surface area (Å²) in [5, 5.41) is 25.9. The first-order valence-electron chi connectivity index (χ1n) is 10.3. The van der Waals surface area contributed by atoms with Crippen LogP contribution in [0.5, 0.6) is 0 Å². The topological polar surface area (TPSA) is 257 Å². The Hall–Kier alpha value is -3.26. The summed E-state index contributed by atoms with van der Waals surface area (Å²) in [5.74, 6) is -6.20. The molecule has 0 aromatic heterocycles. The molecule has 6 unspecified atom stereocenters. The van der Waals surface area contributed by atoms with Gasteiger partial charge in [0.25, 0.3) is 0 Å². The molecule has 0 saturated heterocycles. The van der Waals surface area contributed by atoms with E-state index in [0.29, 0.717) is 6.42 Å². The monoisotopic (exact) mass is 474 g/mol. The number of aliphatic hydroxyl groups excluding tert-OH is 1. The lowest BCUT2D eigenvalue weighted by molar-refractivity contribution is -0.144. The Morgan fingerprint density at radius 2 is 1.36 bits per heavy atom. The molecule has 0 spiro atoms. The number of carbonyl (C=O) groups is 6. The summed E-state index contributed by atoms with van der Waals surface area (Å²) in [6.07, 6.45) is -1.88. The molecule has 0 rings (SSSR count). The first-order valence-corrected chi connectivity index (χ1v) is 10.3. The Balaban J connectivity index is 5.46. The van der Waals surface area contributed by atoms with Crippen molar-refractivity contribution in [1.29, 1.82) is 0 Å². The molecule has 0 aromatic rings. The number of carboxylic acids is 1. The fourth-order valence-corrected chi connectivity index (χ4v) is 2.70. The van der Waals surface area contributed by atoms with Gasteiger partial charge >= 0.3 is 5.97 Å². The lowest BCUT2D eigenvalue weighted by Crippen LogP contribution is -2.61. The Morgan fingerprint density at radius 3 is 1.79 bits per heavy atom. The second kappa shape index (κ2) is 14.0. The molecule has 0 saturated carbocycles. The van der Waals surface area contributed by atoms with Crippen molar-refractivity contribution in [3.05, 3.63) is 0 Å². The molecule has 188 valence electrons. The zero-order valence-electron chi connectivity index (χ0n) is 18.9. The summed E-state index contributed by atoms with van der Waals surface area (Å²) >= 11 is 0. The van der Waals surface area contributed by atoms with Crippen LogP contribution in [0.3, 0.4) is 0 Å². The van der Waals surface area contributed by atoms with Gasteiger partial charge in [0.2, 0.25) is 29.5 Å². The van der Waals surface area contributed by atoms with Crippen LogP contribution >= 0.6 is 0 Å². The second-order valence-electron chi connectivity index (χ2n) is 7.78. The van der Waals surface area contributed by atoms with E-state index in [1.54, 1.807) is 13.8 Å². The molecule has 33 heavy (non-hydrogen) atoms. The molecule has 14 heteroatoms. The minimum atomic E-state index is -1.67. The van der Waals surface area contributed by atoms with E-state index in [0.717, 1.165) is 0 Å². The Labute approximate surface area is 191 Å². The number of carbonyl (C=O) groups excluding carboxylic acids is 5. The van der Waals surface area contributed by atoms with Crippen molar-refractivity contribution in [3.8, 4) is 0 Å². The molecule has 6 atom stereocenters. The SMILES string of the molecule is CCC(C)C(NC(=O)C(N)CCC(N)=O)C(=O)NC(C(=O)NC(CC(N)=O)C(=O)O)C(C)O. The van der Waals surface area contributed by atoms with E-state index in [4.69, 9.17) is 22.3 Å². The van der Waals surface area contributed by atoms with E-state index >= 15 is 0 Å². The van der Waals surface area contributed by atoms with Gasteiger partial charge in [-0.3, -0.25) is 24.0 Å². The average molecular weight is 475 g/mol. The lowest BCUT2D eigenvalue weighted by Gasteiger charge is -2.28. The number of nitrogens with one attached hydrogen (secondary N) is 3. The summed E-state index contributed by atoms with van der Waals surface area (Å²) < 4.78 is 0. The molecule has 0 heterocycles. The quantitative estimate of drug-likeness (QED) is 0.116. The summed E-state index contributed by atoms with van der Waals surface area (Å²) in [6.45, 7) is 4.60. The maximum absolute atomic E-state index is 12.9. The smallest absolute Gasteiger partial charge is 0.326 e. The number of rotatable bonds is 15. The zero-order valence-corrected chi connectivity index (χ0v) is 18.9. The molecule has 0 aromatic carbocycles. The first-order chi connectivity index (χ1) is 15.2. The molecule has 0 aliphatic rings. The number of nitrogens with two attached hydrogens (primary N) is 3. The van der Waals surface area contributed by atoms with Crippen LogP contribution in [0, 0.1) is 5.92 Å². The summed E-state index contributed by atoms with van der Waals surface area (Å²) in [6, 6.07) is -5.53. The number of aliphatic hydroxyl groups is 1. The van der Waals surface area contributed by atoms with Crippen LogP contribution < -0.4 is 33.2 Å². The number of hydrogen-bond donors (Lipinski definition) is 8. The third-order valence-electron chi connectivity index (χ3n) is 4.91. The van der Waals surface area contributed by atoms with Crippen LogP contribution in [0.25, 0.3) is 0 Å². The molecule has 5 amide bonds. The molecule has 0 bridgehead atoms. The highest BCUT2D eigenvalue weighted by Gasteiger charge is 2.34. The number of hydrogen-bond acceptors (Lipinski definition) is 8. The minimum absolute atomic E-state index is 0.0366. The van der Waals surface area contributed by atoms with Crippen LogP contribution in [-0.4, -0.2) is 76.0 Å². The molecule has 11 N–H and O–H groups in total. The normalized spacial score (nSPS) is 16.3. The predicted octanol–water partition coefficient (Wildman–Crippen LogP) is -3.58. The van der Waals surface area contributed by atoms with Crippen molar-refractivity contribution in [2.45, 2.75) is 76.7 Å². The van der Waals surface area contributed by atoms with Crippen LogP contribution in [0.4, 0.5) is 0 Å². The van der Waals surface area contributed by atoms with Crippen LogP contribution in [-0.2, 0) is 28.8 Å². The van der Waals surface area contributed by atoms with Crippen molar-refractivity contribution in [2.24, 2.45) is 23.1 Å². The van der Waals surface area contributed by atoms with Gasteiger partial charge in [-0.25, -0.2) is 4.79 Å². The minimum Gasteiger partial charge on any atom is -0.480 e. The summed E-state index contributed by atoms with van der Waals surface area (Å²) in [7, 11) is 0. The standard InChI is InChI=1S/C19H34N6O8/c1-4-8(2)14(24-16(29)10(20)5-6-12(21)27)17(30)25-15(9(3)26)18(31)23-11(19(32)33)7-13(22)28/h8-11,14-15,26H,4-7,20H2,1-3H3,(H2,21,27)(H2,22,28)(H,23,31)(H,24,29)(H,25,30)(H,32,33). The molecular weight excluding hydrogens is 440 g/mol. The van der Waals surface area contributed by atoms with Gasteiger partial charge in [-0.1, -0.05) is 20.3 Å². The van der Waals surface area contributed by atoms with E-state index < -0.39 is 78.1 Å². The molecule has 0 aliphatic heterocycles. The summed E-state index contributed by atoms with van der Waals surface area (Å²) in [5.41, 5.74) is 15.7. The molecule has 0 aliphatic carbocycles. The fraction of sp³-hybridized carbons (Fsp3) is 0.684. The number of primary amides is 2. The third kappa shape index (κ3) is 10.7. The highest BCUT2D eigenvalue weighted by Crippen LogP contribution is 2.10. The highest BCUT2D eigenvalue weighted by atomic mass is 16.4. The first kappa shape index (κ1) is 29.7. The van der Waals surface area contributed by atoms with E-state index in [9.17, 15) is 33.9 Å². The van der Waals surface area contributed by atoms with Crippen molar-refractivity contribution in [2.75, 3.05) is 0 Å². The Morgan fingerprint density at radius 1 is 0.848 bits per heavy atom. The van der Waals surface area contributed by atoms with Crippen molar-refractivity contribution >= 4 is 35.5 Å².